The SMILES string of the molecule is Cc1sc(N)c(C(=O)NC(C)C)c1C(C)C. The van der Waals surface area contributed by atoms with E-state index in [4.69, 9.17) is 5.73 Å². The molecule has 0 saturated carbocycles. The minimum absolute atomic E-state index is 0.0550. The summed E-state index contributed by atoms with van der Waals surface area (Å²) < 4.78 is 0. The average molecular weight is 240 g/mol. The summed E-state index contributed by atoms with van der Waals surface area (Å²) in [6, 6.07) is 0.132. The molecule has 0 fully saturated rings. The monoisotopic (exact) mass is 240 g/mol. The molecule has 0 radical (unpaired) electrons. The number of hydrogen-bond donors (Lipinski definition) is 2. The van der Waals surface area contributed by atoms with Crippen LogP contribution in [0.3, 0.4) is 0 Å². The zero-order valence-corrected chi connectivity index (χ0v) is 11.4. The third kappa shape index (κ3) is 2.55. The van der Waals surface area contributed by atoms with Gasteiger partial charge in [-0.3, -0.25) is 4.79 Å². The van der Waals surface area contributed by atoms with E-state index in [-0.39, 0.29) is 11.9 Å². The first-order valence-corrected chi connectivity index (χ1v) is 6.35. The highest BCUT2D eigenvalue weighted by atomic mass is 32.1. The van der Waals surface area contributed by atoms with Crippen LogP contribution in [0.25, 0.3) is 0 Å². The Labute approximate surface area is 101 Å². The van der Waals surface area contributed by atoms with E-state index in [1.807, 2.05) is 20.8 Å². The second-order valence-electron chi connectivity index (χ2n) is 4.59. The van der Waals surface area contributed by atoms with Gasteiger partial charge in [0.15, 0.2) is 0 Å². The van der Waals surface area contributed by atoms with Crippen molar-refractivity contribution < 1.29 is 4.79 Å². The molecule has 0 saturated heterocycles. The normalized spacial score (nSPS) is 11.2. The number of nitrogens with two attached hydrogens (primary N) is 1. The molecule has 1 heterocycles. The van der Waals surface area contributed by atoms with Gasteiger partial charge in [-0.2, -0.15) is 0 Å². The molecule has 0 atom stereocenters. The summed E-state index contributed by atoms with van der Waals surface area (Å²) in [5.74, 6) is 0.266. The highest BCUT2D eigenvalue weighted by molar-refractivity contribution is 7.16. The minimum Gasteiger partial charge on any atom is -0.390 e. The second kappa shape index (κ2) is 4.87. The summed E-state index contributed by atoms with van der Waals surface area (Å²) in [7, 11) is 0. The van der Waals surface area contributed by atoms with Crippen molar-refractivity contribution in [3.05, 3.63) is 16.0 Å². The van der Waals surface area contributed by atoms with E-state index in [9.17, 15) is 4.79 Å². The maximum absolute atomic E-state index is 12.0. The summed E-state index contributed by atoms with van der Waals surface area (Å²) >= 11 is 1.50. The Bertz CT molecular complexity index is 394. The molecule has 0 aliphatic rings. The van der Waals surface area contributed by atoms with Crippen LogP contribution in [0.5, 0.6) is 0 Å². The van der Waals surface area contributed by atoms with Gasteiger partial charge in [-0.1, -0.05) is 13.8 Å². The van der Waals surface area contributed by atoms with E-state index in [0.717, 1.165) is 10.4 Å². The molecule has 1 aromatic rings. The molecule has 1 amide bonds. The molecule has 0 aromatic carbocycles. The summed E-state index contributed by atoms with van der Waals surface area (Å²) in [6.07, 6.45) is 0. The Kier molecular flexibility index (Phi) is 3.97. The minimum atomic E-state index is -0.0550. The number of carbonyl (C=O) groups is 1. The van der Waals surface area contributed by atoms with Gasteiger partial charge in [-0.05, 0) is 32.3 Å². The number of rotatable bonds is 3. The molecule has 0 aliphatic heterocycles. The molecule has 0 bridgehead atoms. The fourth-order valence-electron chi connectivity index (χ4n) is 1.84. The van der Waals surface area contributed by atoms with Gasteiger partial charge in [0.25, 0.3) is 5.91 Å². The predicted octanol–water partition coefficient (Wildman–Crippen LogP) is 2.90. The largest absolute Gasteiger partial charge is 0.390 e. The van der Waals surface area contributed by atoms with E-state index < -0.39 is 0 Å². The van der Waals surface area contributed by atoms with Gasteiger partial charge in [0.2, 0.25) is 0 Å². The molecule has 90 valence electrons. The summed E-state index contributed by atoms with van der Waals surface area (Å²) in [5.41, 5.74) is 7.67. The van der Waals surface area contributed by atoms with Crippen LogP contribution in [0.15, 0.2) is 0 Å². The van der Waals surface area contributed by atoms with Crippen LogP contribution in [-0.2, 0) is 0 Å². The number of nitrogens with one attached hydrogen (secondary N) is 1. The van der Waals surface area contributed by atoms with Crippen LogP contribution in [-0.4, -0.2) is 11.9 Å². The summed E-state index contributed by atoms with van der Waals surface area (Å²) in [6.45, 7) is 10.1. The number of hydrogen-bond acceptors (Lipinski definition) is 3. The van der Waals surface area contributed by atoms with Crippen molar-refractivity contribution in [1.29, 1.82) is 0 Å². The van der Waals surface area contributed by atoms with E-state index in [2.05, 4.69) is 19.2 Å². The second-order valence-corrected chi connectivity index (χ2v) is 5.85. The van der Waals surface area contributed by atoms with Crippen molar-refractivity contribution in [3.63, 3.8) is 0 Å². The first-order chi connectivity index (χ1) is 7.34. The molecule has 1 aromatic heterocycles. The lowest BCUT2D eigenvalue weighted by Gasteiger charge is -2.12. The number of amides is 1. The van der Waals surface area contributed by atoms with E-state index >= 15 is 0 Å². The van der Waals surface area contributed by atoms with Crippen molar-refractivity contribution in [2.45, 2.75) is 46.6 Å². The van der Waals surface area contributed by atoms with Gasteiger partial charge in [-0.15, -0.1) is 11.3 Å². The maximum atomic E-state index is 12.0. The Hall–Kier alpha value is -1.03. The number of aryl methyl sites for hydroxylation is 1. The van der Waals surface area contributed by atoms with Gasteiger partial charge in [0, 0.05) is 10.9 Å². The van der Waals surface area contributed by atoms with Crippen LogP contribution >= 0.6 is 11.3 Å². The molecule has 1 rings (SSSR count). The third-order valence-corrected chi connectivity index (χ3v) is 3.33. The van der Waals surface area contributed by atoms with Crippen molar-refractivity contribution in [1.82, 2.24) is 5.32 Å². The smallest absolute Gasteiger partial charge is 0.254 e. The van der Waals surface area contributed by atoms with Gasteiger partial charge in [0.05, 0.1) is 10.6 Å². The first kappa shape index (κ1) is 13.0. The Morgan fingerprint density at radius 3 is 2.31 bits per heavy atom. The van der Waals surface area contributed by atoms with Crippen LogP contribution in [0, 0.1) is 6.92 Å². The Morgan fingerprint density at radius 1 is 1.31 bits per heavy atom. The Morgan fingerprint density at radius 2 is 1.88 bits per heavy atom. The molecular weight excluding hydrogens is 220 g/mol. The number of carbonyl (C=O) groups excluding carboxylic acids is 1. The summed E-state index contributed by atoms with van der Waals surface area (Å²) in [5, 5.41) is 3.52. The first-order valence-electron chi connectivity index (χ1n) is 5.54. The van der Waals surface area contributed by atoms with Gasteiger partial charge < -0.3 is 11.1 Å². The highest BCUT2D eigenvalue weighted by Crippen LogP contribution is 2.35. The molecule has 3 N–H and O–H groups in total. The van der Waals surface area contributed by atoms with Crippen molar-refractivity contribution in [2.24, 2.45) is 0 Å². The third-order valence-electron chi connectivity index (χ3n) is 2.38. The van der Waals surface area contributed by atoms with Crippen LogP contribution in [0.1, 0.15) is 54.4 Å². The van der Waals surface area contributed by atoms with Crippen molar-refractivity contribution >= 4 is 22.2 Å². The quantitative estimate of drug-likeness (QED) is 0.853. The fourth-order valence-corrected chi connectivity index (χ4v) is 2.93. The van der Waals surface area contributed by atoms with Gasteiger partial charge >= 0.3 is 0 Å². The lowest BCUT2D eigenvalue weighted by Crippen LogP contribution is -2.31. The number of nitrogen functional groups attached to an aromatic ring is 1. The summed E-state index contributed by atoms with van der Waals surface area (Å²) in [4.78, 5) is 13.2. The fraction of sp³-hybridized carbons (Fsp3) is 0.583. The predicted molar refractivity (Wildman–Crippen MR) is 70.2 cm³/mol. The number of thiophene rings is 1. The van der Waals surface area contributed by atoms with Gasteiger partial charge in [-0.25, -0.2) is 0 Å². The highest BCUT2D eigenvalue weighted by Gasteiger charge is 2.22. The van der Waals surface area contributed by atoms with E-state index in [0.29, 0.717) is 16.5 Å². The van der Waals surface area contributed by atoms with Crippen molar-refractivity contribution in [2.75, 3.05) is 5.73 Å². The zero-order valence-electron chi connectivity index (χ0n) is 10.5. The Balaban J connectivity index is 3.16. The standard InChI is InChI=1S/C12H20N2OS/c1-6(2)9-8(5)16-11(13)10(9)12(15)14-7(3)4/h6-7H,13H2,1-5H3,(H,14,15). The van der Waals surface area contributed by atoms with E-state index in [1.54, 1.807) is 0 Å². The maximum Gasteiger partial charge on any atom is 0.254 e. The zero-order chi connectivity index (χ0) is 12.5. The van der Waals surface area contributed by atoms with E-state index in [1.165, 1.54) is 11.3 Å². The molecule has 0 spiro atoms. The lowest BCUT2D eigenvalue weighted by atomic mass is 9.98. The average Bonchev–Trinajstić information content (AvgIpc) is 2.39. The topological polar surface area (TPSA) is 55.1 Å². The molecule has 4 heteroatoms. The van der Waals surface area contributed by atoms with Crippen LogP contribution in [0.4, 0.5) is 5.00 Å². The van der Waals surface area contributed by atoms with Crippen LogP contribution in [0.2, 0.25) is 0 Å². The van der Waals surface area contributed by atoms with Crippen molar-refractivity contribution in [3.8, 4) is 0 Å². The number of anilines is 1. The molecule has 0 unspecified atom stereocenters. The lowest BCUT2D eigenvalue weighted by molar-refractivity contribution is 0.0943. The molecule has 0 aliphatic carbocycles. The van der Waals surface area contributed by atoms with Crippen LogP contribution < -0.4 is 11.1 Å². The van der Waals surface area contributed by atoms with Gasteiger partial charge in [0.1, 0.15) is 0 Å². The molecular formula is C12H20N2OS. The molecule has 16 heavy (non-hydrogen) atoms. The molecule has 3 nitrogen and oxygen atoms in total.